The number of halogens is 3. The van der Waals surface area contributed by atoms with Crippen LogP contribution >= 0.6 is 0 Å². The van der Waals surface area contributed by atoms with Crippen molar-refractivity contribution in [3.8, 4) is 11.1 Å². The zero-order valence-corrected chi connectivity index (χ0v) is 14.0. The first-order valence-corrected chi connectivity index (χ1v) is 8.08. The molecule has 1 saturated heterocycles. The van der Waals surface area contributed by atoms with E-state index in [1.165, 1.54) is 11.0 Å². The van der Waals surface area contributed by atoms with Crippen molar-refractivity contribution in [1.29, 1.82) is 0 Å². The predicted octanol–water partition coefficient (Wildman–Crippen LogP) is 3.20. The topological polar surface area (TPSA) is 49.8 Å². The van der Waals surface area contributed by atoms with Crippen LogP contribution in [0, 0.1) is 0 Å². The number of hydrogen-bond acceptors (Lipinski definition) is 3. The Balaban J connectivity index is 1.88. The average Bonchev–Trinajstić information content (AvgIpc) is 3.06. The molecule has 1 aliphatic heterocycles. The number of aliphatic hydroxyl groups excluding tert-OH is 1. The quantitative estimate of drug-likeness (QED) is 0.909. The van der Waals surface area contributed by atoms with E-state index in [2.05, 4.69) is 0 Å². The molecule has 1 heterocycles. The van der Waals surface area contributed by atoms with E-state index in [1.807, 2.05) is 0 Å². The lowest BCUT2D eigenvalue weighted by atomic mass is 10.00. The first kappa shape index (κ1) is 18.4. The Labute approximate surface area is 148 Å². The van der Waals surface area contributed by atoms with Crippen molar-refractivity contribution in [2.24, 2.45) is 0 Å². The average molecular weight is 365 g/mol. The van der Waals surface area contributed by atoms with E-state index in [0.717, 1.165) is 12.1 Å². The molecule has 0 saturated carbocycles. The summed E-state index contributed by atoms with van der Waals surface area (Å²) < 4.78 is 43.9. The summed E-state index contributed by atoms with van der Waals surface area (Å²) in [6.07, 6.45) is -5.18. The second kappa shape index (κ2) is 7.09. The van der Waals surface area contributed by atoms with Crippen LogP contribution in [0.4, 0.5) is 13.2 Å². The van der Waals surface area contributed by atoms with Crippen LogP contribution in [0.5, 0.6) is 0 Å². The van der Waals surface area contributed by atoms with Crippen molar-refractivity contribution in [3.05, 3.63) is 59.7 Å². The fourth-order valence-corrected chi connectivity index (χ4v) is 2.96. The van der Waals surface area contributed by atoms with Gasteiger partial charge in [-0.25, -0.2) is 0 Å². The molecule has 0 bridgehead atoms. The van der Waals surface area contributed by atoms with E-state index in [-0.39, 0.29) is 19.1 Å². The standard InChI is InChI=1S/C19H18F3NO3/c1-23(16-10-26-11-17(16)24)18(25)14-6-2-4-12(8-14)13-5-3-7-15(9-13)19(20,21)22/h2-9,16-17,24H,10-11H2,1H3/t16-,17-/m1/s1. The van der Waals surface area contributed by atoms with Gasteiger partial charge in [-0.05, 0) is 35.4 Å². The smallest absolute Gasteiger partial charge is 0.388 e. The van der Waals surface area contributed by atoms with Gasteiger partial charge in [0.1, 0.15) is 0 Å². The molecule has 3 rings (SSSR count). The summed E-state index contributed by atoms with van der Waals surface area (Å²) in [5.41, 5.74) is 0.483. The van der Waals surface area contributed by atoms with Gasteiger partial charge in [-0.3, -0.25) is 4.79 Å². The highest BCUT2D eigenvalue weighted by Crippen LogP contribution is 2.32. The molecule has 1 amide bonds. The number of rotatable bonds is 3. The third-order valence-electron chi connectivity index (χ3n) is 4.47. The van der Waals surface area contributed by atoms with E-state index >= 15 is 0 Å². The van der Waals surface area contributed by atoms with Crippen molar-refractivity contribution in [1.82, 2.24) is 4.90 Å². The van der Waals surface area contributed by atoms with E-state index in [1.54, 1.807) is 37.4 Å². The van der Waals surface area contributed by atoms with Crippen molar-refractivity contribution < 1.29 is 27.8 Å². The molecule has 26 heavy (non-hydrogen) atoms. The molecule has 2 aromatic carbocycles. The minimum absolute atomic E-state index is 0.173. The maximum atomic E-state index is 12.9. The second-order valence-corrected chi connectivity index (χ2v) is 6.25. The highest BCUT2D eigenvalue weighted by Gasteiger charge is 2.33. The van der Waals surface area contributed by atoms with Crippen LogP contribution in [0.1, 0.15) is 15.9 Å². The van der Waals surface area contributed by atoms with E-state index in [9.17, 15) is 23.1 Å². The van der Waals surface area contributed by atoms with Gasteiger partial charge in [-0.15, -0.1) is 0 Å². The van der Waals surface area contributed by atoms with Gasteiger partial charge in [-0.2, -0.15) is 13.2 Å². The summed E-state index contributed by atoms with van der Waals surface area (Å²) in [6.45, 7) is 0.420. The fourth-order valence-electron chi connectivity index (χ4n) is 2.96. The number of amides is 1. The summed E-state index contributed by atoms with van der Waals surface area (Å²) in [5, 5.41) is 9.87. The molecule has 1 fully saturated rings. The van der Waals surface area contributed by atoms with Crippen LogP contribution < -0.4 is 0 Å². The number of alkyl halides is 3. The van der Waals surface area contributed by atoms with E-state index in [4.69, 9.17) is 4.74 Å². The Bertz CT molecular complexity index is 807. The van der Waals surface area contributed by atoms with Crippen LogP contribution in [-0.2, 0) is 10.9 Å². The van der Waals surface area contributed by atoms with Crippen molar-refractivity contribution in [2.75, 3.05) is 20.3 Å². The van der Waals surface area contributed by atoms with Gasteiger partial charge in [0.25, 0.3) is 5.91 Å². The number of benzene rings is 2. The molecule has 7 heteroatoms. The van der Waals surface area contributed by atoms with Crippen LogP contribution in [0.15, 0.2) is 48.5 Å². The monoisotopic (exact) mass is 365 g/mol. The Hall–Kier alpha value is -2.38. The molecule has 0 aliphatic carbocycles. The third kappa shape index (κ3) is 3.73. The molecular weight excluding hydrogens is 347 g/mol. The van der Waals surface area contributed by atoms with Crippen LogP contribution in [0.3, 0.4) is 0 Å². The zero-order chi connectivity index (χ0) is 18.9. The lowest BCUT2D eigenvalue weighted by molar-refractivity contribution is -0.137. The fraction of sp³-hybridized carbons (Fsp3) is 0.316. The maximum absolute atomic E-state index is 12.9. The third-order valence-corrected chi connectivity index (χ3v) is 4.47. The van der Waals surface area contributed by atoms with Gasteiger partial charge in [-0.1, -0.05) is 24.3 Å². The molecule has 1 N–H and O–H groups in total. The zero-order valence-electron chi connectivity index (χ0n) is 14.0. The molecule has 0 radical (unpaired) electrons. The van der Waals surface area contributed by atoms with E-state index in [0.29, 0.717) is 16.7 Å². The largest absolute Gasteiger partial charge is 0.416 e. The molecule has 1 aliphatic rings. The van der Waals surface area contributed by atoms with Gasteiger partial charge in [0.05, 0.1) is 30.9 Å². The SMILES string of the molecule is CN(C(=O)c1cccc(-c2cccc(C(F)(F)F)c2)c1)[C@@H]1COC[C@H]1O. The molecular formula is C19H18F3NO3. The van der Waals surface area contributed by atoms with Gasteiger partial charge in [0.15, 0.2) is 0 Å². The highest BCUT2D eigenvalue weighted by atomic mass is 19.4. The number of likely N-dealkylation sites (N-methyl/N-ethyl adjacent to an activating group) is 1. The number of ether oxygens (including phenoxy) is 1. The molecule has 0 aromatic heterocycles. The molecule has 2 atom stereocenters. The molecule has 0 spiro atoms. The summed E-state index contributed by atoms with van der Waals surface area (Å²) in [7, 11) is 1.57. The van der Waals surface area contributed by atoms with E-state index < -0.39 is 23.9 Å². The number of carbonyl (C=O) groups excluding carboxylic acids is 1. The minimum atomic E-state index is -4.43. The summed E-state index contributed by atoms with van der Waals surface area (Å²) in [5.74, 6) is -0.326. The molecule has 2 aromatic rings. The van der Waals surface area contributed by atoms with Crippen LogP contribution in [0.25, 0.3) is 11.1 Å². The van der Waals surface area contributed by atoms with Gasteiger partial charge in [0.2, 0.25) is 0 Å². The lowest BCUT2D eigenvalue weighted by Crippen LogP contribution is -2.44. The van der Waals surface area contributed by atoms with Gasteiger partial charge < -0.3 is 14.7 Å². The number of aliphatic hydroxyl groups is 1. The summed E-state index contributed by atoms with van der Waals surface area (Å²) >= 11 is 0. The second-order valence-electron chi connectivity index (χ2n) is 6.25. The number of nitrogens with zero attached hydrogens (tertiary/aromatic N) is 1. The Morgan fingerprint density at radius 2 is 1.77 bits per heavy atom. The first-order valence-electron chi connectivity index (χ1n) is 8.08. The predicted molar refractivity (Wildman–Crippen MR) is 89.6 cm³/mol. The lowest BCUT2D eigenvalue weighted by Gasteiger charge is -2.26. The molecule has 0 unspecified atom stereocenters. The van der Waals surface area contributed by atoms with Gasteiger partial charge >= 0.3 is 6.18 Å². The molecule has 138 valence electrons. The Kier molecular flexibility index (Phi) is 5.02. The maximum Gasteiger partial charge on any atom is 0.416 e. The number of hydrogen-bond donors (Lipinski definition) is 1. The Morgan fingerprint density at radius 1 is 1.12 bits per heavy atom. The normalized spacial score (nSPS) is 20.2. The summed E-state index contributed by atoms with van der Waals surface area (Å²) in [4.78, 5) is 14.1. The summed E-state index contributed by atoms with van der Waals surface area (Å²) in [6, 6.07) is 10.9. The minimum Gasteiger partial charge on any atom is -0.388 e. The van der Waals surface area contributed by atoms with Crippen molar-refractivity contribution >= 4 is 5.91 Å². The Morgan fingerprint density at radius 3 is 2.38 bits per heavy atom. The number of carbonyl (C=O) groups is 1. The first-order chi connectivity index (χ1) is 12.3. The highest BCUT2D eigenvalue weighted by molar-refractivity contribution is 5.95. The van der Waals surface area contributed by atoms with Crippen LogP contribution in [0.2, 0.25) is 0 Å². The van der Waals surface area contributed by atoms with Crippen LogP contribution in [-0.4, -0.2) is 48.3 Å². The molecule has 4 nitrogen and oxygen atoms in total. The van der Waals surface area contributed by atoms with Crippen molar-refractivity contribution in [2.45, 2.75) is 18.3 Å². The van der Waals surface area contributed by atoms with Crippen molar-refractivity contribution in [3.63, 3.8) is 0 Å². The van der Waals surface area contributed by atoms with Gasteiger partial charge in [0, 0.05) is 12.6 Å².